The molecule has 1 unspecified atom stereocenters. The number of nitrogens with zero attached hydrogens (tertiary/aromatic N) is 1. The van der Waals surface area contributed by atoms with E-state index in [0.717, 1.165) is 11.3 Å². The van der Waals surface area contributed by atoms with E-state index < -0.39 is 0 Å². The number of carbonyl (C=O) groups excluding carboxylic acids is 2. The second-order valence-corrected chi connectivity index (χ2v) is 6.20. The van der Waals surface area contributed by atoms with E-state index >= 15 is 0 Å². The van der Waals surface area contributed by atoms with Crippen molar-refractivity contribution in [1.82, 2.24) is 4.98 Å². The minimum absolute atomic E-state index is 0.109. The Hall–Kier alpha value is -2.41. The van der Waals surface area contributed by atoms with Gasteiger partial charge in [0.15, 0.2) is 5.13 Å². The third-order valence-electron chi connectivity index (χ3n) is 3.69. The highest BCUT2D eigenvalue weighted by molar-refractivity contribution is 7.13. The molecule has 3 rings (SSSR count). The molecule has 0 spiro atoms. The Labute approximate surface area is 143 Å². The van der Waals surface area contributed by atoms with Crippen LogP contribution in [-0.2, 0) is 20.7 Å². The van der Waals surface area contributed by atoms with Crippen molar-refractivity contribution in [3.05, 3.63) is 40.9 Å². The highest BCUT2D eigenvalue weighted by Crippen LogP contribution is 2.34. The van der Waals surface area contributed by atoms with Gasteiger partial charge in [-0.05, 0) is 19.4 Å². The van der Waals surface area contributed by atoms with Crippen LogP contribution in [0.25, 0.3) is 0 Å². The summed E-state index contributed by atoms with van der Waals surface area (Å²) in [5.74, 6) is 0.0696. The summed E-state index contributed by atoms with van der Waals surface area (Å²) in [7, 11) is 0. The number of amides is 1. The number of para-hydroxylation sites is 1. The largest absolute Gasteiger partial charge is 0.493 e. The van der Waals surface area contributed by atoms with Gasteiger partial charge >= 0.3 is 5.97 Å². The predicted octanol–water partition coefficient (Wildman–Crippen LogP) is 2.75. The second kappa shape index (κ2) is 7.44. The van der Waals surface area contributed by atoms with Crippen molar-refractivity contribution in [2.75, 3.05) is 18.5 Å². The number of rotatable bonds is 5. The maximum Gasteiger partial charge on any atom is 0.311 e. The highest BCUT2D eigenvalue weighted by Gasteiger charge is 2.28. The Morgan fingerprint density at radius 1 is 1.42 bits per heavy atom. The van der Waals surface area contributed by atoms with Gasteiger partial charge in [0.2, 0.25) is 5.91 Å². The molecule has 0 radical (unpaired) electrons. The zero-order valence-electron chi connectivity index (χ0n) is 13.3. The zero-order valence-corrected chi connectivity index (χ0v) is 14.1. The van der Waals surface area contributed by atoms with Crippen molar-refractivity contribution in [3.63, 3.8) is 0 Å². The standard InChI is InChI=1S/C17H18N2O4S/c1-2-22-15(20)9-11-10-24-17(18-11)19-16(21)13-7-8-23-14-6-4-3-5-12(13)14/h3-6,10,13H,2,7-9H2,1H3,(H,18,19,21). The number of benzene rings is 1. The molecule has 0 saturated heterocycles. The van der Waals surface area contributed by atoms with Crippen molar-refractivity contribution in [2.45, 2.75) is 25.7 Å². The van der Waals surface area contributed by atoms with Crippen LogP contribution in [0.1, 0.15) is 30.5 Å². The van der Waals surface area contributed by atoms with Crippen molar-refractivity contribution in [2.24, 2.45) is 0 Å². The fourth-order valence-electron chi connectivity index (χ4n) is 2.61. The summed E-state index contributed by atoms with van der Waals surface area (Å²) in [6.45, 7) is 2.62. The molecule has 7 heteroatoms. The normalized spacial score (nSPS) is 16.0. The van der Waals surface area contributed by atoms with Crippen LogP contribution in [0.3, 0.4) is 0 Å². The summed E-state index contributed by atoms with van der Waals surface area (Å²) >= 11 is 1.30. The Morgan fingerprint density at radius 2 is 2.25 bits per heavy atom. The molecule has 1 aliphatic heterocycles. The fourth-order valence-corrected chi connectivity index (χ4v) is 3.33. The lowest BCUT2D eigenvalue weighted by Gasteiger charge is -2.24. The maximum atomic E-state index is 12.6. The summed E-state index contributed by atoms with van der Waals surface area (Å²) in [5.41, 5.74) is 1.49. The Morgan fingerprint density at radius 3 is 3.08 bits per heavy atom. The zero-order chi connectivity index (χ0) is 16.9. The smallest absolute Gasteiger partial charge is 0.311 e. The molecule has 2 aromatic rings. The topological polar surface area (TPSA) is 77.5 Å². The van der Waals surface area contributed by atoms with Crippen LogP contribution in [0.5, 0.6) is 5.75 Å². The molecule has 1 amide bonds. The van der Waals surface area contributed by atoms with Crippen molar-refractivity contribution < 1.29 is 19.1 Å². The molecule has 0 aliphatic carbocycles. The van der Waals surface area contributed by atoms with Crippen LogP contribution in [0.2, 0.25) is 0 Å². The van der Waals surface area contributed by atoms with E-state index in [1.807, 2.05) is 24.3 Å². The van der Waals surface area contributed by atoms with Gasteiger partial charge in [-0.15, -0.1) is 11.3 Å². The summed E-state index contributed by atoms with van der Waals surface area (Å²) in [6, 6.07) is 7.57. The predicted molar refractivity (Wildman–Crippen MR) is 90.4 cm³/mol. The second-order valence-electron chi connectivity index (χ2n) is 5.34. The number of hydrogen-bond acceptors (Lipinski definition) is 6. The number of aromatic nitrogens is 1. The van der Waals surface area contributed by atoms with Crippen LogP contribution in [0.15, 0.2) is 29.6 Å². The average Bonchev–Trinajstić information content (AvgIpc) is 3.01. The molecule has 1 aromatic carbocycles. The molecule has 0 fully saturated rings. The molecular weight excluding hydrogens is 328 g/mol. The lowest BCUT2D eigenvalue weighted by atomic mass is 9.92. The van der Waals surface area contributed by atoms with E-state index in [2.05, 4.69) is 10.3 Å². The van der Waals surface area contributed by atoms with E-state index in [9.17, 15) is 9.59 Å². The van der Waals surface area contributed by atoms with Crippen LogP contribution in [-0.4, -0.2) is 30.1 Å². The van der Waals surface area contributed by atoms with Gasteiger partial charge in [-0.3, -0.25) is 9.59 Å². The molecule has 24 heavy (non-hydrogen) atoms. The van der Waals surface area contributed by atoms with E-state index in [-0.39, 0.29) is 24.2 Å². The molecule has 1 N–H and O–H groups in total. The molecule has 1 aliphatic rings. The van der Waals surface area contributed by atoms with Gasteiger partial charge in [0.1, 0.15) is 5.75 Å². The summed E-state index contributed by atoms with van der Waals surface area (Å²) < 4.78 is 10.5. The highest BCUT2D eigenvalue weighted by atomic mass is 32.1. The minimum atomic E-state index is -0.320. The lowest BCUT2D eigenvalue weighted by Crippen LogP contribution is -2.26. The van der Waals surface area contributed by atoms with Crippen molar-refractivity contribution >= 4 is 28.3 Å². The third-order valence-corrected chi connectivity index (χ3v) is 4.49. The molecule has 0 saturated carbocycles. The van der Waals surface area contributed by atoms with Gasteiger partial charge in [0, 0.05) is 10.9 Å². The summed E-state index contributed by atoms with van der Waals surface area (Å²) in [6.07, 6.45) is 0.740. The first-order chi connectivity index (χ1) is 11.7. The number of carbonyl (C=O) groups is 2. The van der Waals surface area contributed by atoms with Crippen LogP contribution in [0, 0.1) is 0 Å². The average molecular weight is 346 g/mol. The summed E-state index contributed by atoms with van der Waals surface area (Å²) in [4.78, 5) is 28.3. The van der Waals surface area contributed by atoms with Crippen LogP contribution < -0.4 is 10.1 Å². The fraction of sp³-hybridized carbons (Fsp3) is 0.353. The van der Waals surface area contributed by atoms with Gasteiger partial charge in [-0.2, -0.15) is 0 Å². The van der Waals surface area contributed by atoms with E-state index in [1.54, 1.807) is 12.3 Å². The number of esters is 1. The monoisotopic (exact) mass is 346 g/mol. The van der Waals surface area contributed by atoms with Crippen molar-refractivity contribution in [1.29, 1.82) is 0 Å². The SMILES string of the molecule is CCOC(=O)Cc1csc(NC(=O)C2CCOc3ccccc32)n1. The van der Waals surface area contributed by atoms with Gasteiger partial charge in [0.05, 0.1) is 31.2 Å². The third kappa shape index (κ3) is 3.73. The first-order valence-electron chi connectivity index (χ1n) is 7.80. The number of fused-ring (bicyclic) bond motifs is 1. The maximum absolute atomic E-state index is 12.6. The number of ether oxygens (including phenoxy) is 2. The van der Waals surface area contributed by atoms with E-state index in [1.165, 1.54) is 11.3 Å². The van der Waals surface area contributed by atoms with Gasteiger partial charge in [-0.25, -0.2) is 4.98 Å². The Kier molecular flexibility index (Phi) is 5.10. The number of thiazole rings is 1. The van der Waals surface area contributed by atoms with E-state index in [4.69, 9.17) is 9.47 Å². The van der Waals surface area contributed by atoms with Crippen LogP contribution >= 0.6 is 11.3 Å². The summed E-state index contributed by atoms with van der Waals surface area (Å²) in [5, 5.41) is 5.08. The van der Waals surface area contributed by atoms with Crippen LogP contribution in [0.4, 0.5) is 5.13 Å². The first-order valence-corrected chi connectivity index (χ1v) is 8.68. The molecule has 2 heterocycles. The number of hydrogen-bond donors (Lipinski definition) is 1. The Balaban J connectivity index is 1.66. The van der Waals surface area contributed by atoms with Gasteiger partial charge in [0.25, 0.3) is 0 Å². The quantitative estimate of drug-likeness (QED) is 0.842. The molecule has 126 valence electrons. The van der Waals surface area contributed by atoms with Gasteiger partial charge < -0.3 is 14.8 Å². The number of anilines is 1. The molecular formula is C17H18N2O4S. The molecule has 6 nitrogen and oxygen atoms in total. The first kappa shape index (κ1) is 16.4. The molecule has 1 aromatic heterocycles. The molecule has 1 atom stereocenters. The van der Waals surface area contributed by atoms with E-state index in [0.29, 0.717) is 30.5 Å². The van der Waals surface area contributed by atoms with Gasteiger partial charge in [-0.1, -0.05) is 18.2 Å². The molecule has 0 bridgehead atoms. The lowest BCUT2D eigenvalue weighted by molar-refractivity contribution is -0.142. The minimum Gasteiger partial charge on any atom is -0.493 e. The number of nitrogens with one attached hydrogen (secondary N) is 1. The van der Waals surface area contributed by atoms with Crippen molar-refractivity contribution in [3.8, 4) is 5.75 Å². The Bertz CT molecular complexity index is 744.